The number of anilines is 1. The van der Waals surface area contributed by atoms with E-state index in [1.54, 1.807) is 7.11 Å². The van der Waals surface area contributed by atoms with Crippen molar-refractivity contribution in [2.45, 2.75) is 25.3 Å². The number of ether oxygens (including phenoxy) is 1. The standard InChI is InChI=1S/C23H31N3O2/c1-25(2)20-9-7-8-19(16-20)23(27)24-17-22(26-14-5-4-6-15-26)18-10-12-21(28-3)13-11-18/h7-13,16,22H,4-6,14-15,17H2,1-3H3,(H,24,27)/t22-/m0/s1. The predicted octanol–water partition coefficient (Wildman–Crippen LogP) is 3.72. The fraction of sp³-hybridized carbons (Fsp3) is 0.435. The van der Waals surface area contributed by atoms with E-state index in [9.17, 15) is 4.79 Å². The van der Waals surface area contributed by atoms with Gasteiger partial charge in [0.1, 0.15) is 5.75 Å². The summed E-state index contributed by atoms with van der Waals surface area (Å²) in [5.74, 6) is 0.824. The molecule has 1 aliphatic rings. The van der Waals surface area contributed by atoms with Crippen molar-refractivity contribution >= 4 is 11.6 Å². The Morgan fingerprint density at radius 3 is 2.46 bits per heavy atom. The maximum atomic E-state index is 12.8. The number of benzene rings is 2. The molecule has 0 unspecified atom stereocenters. The van der Waals surface area contributed by atoms with E-state index in [0.717, 1.165) is 24.5 Å². The number of rotatable bonds is 7. The Morgan fingerprint density at radius 1 is 1.11 bits per heavy atom. The highest BCUT2D eigenvalue weighted by atomic mass is 16.5. The molecule has 0 aliphatic carbocycles. The van der Waals surface area contributed by atoms with Crippen LogP contribution < -0.4 is 15.0 Å². The van der Waals surface area contributed by atoms with Crippen molar-refractivity contribution in [3.8, 4) is 5.75 Å². The highest BCUT2D eigenvalue weighted by Gasteiger charge is 2.23. The number of piperidine rings is 1. The van der Waals surface area contributed by atoms with Gasteiger partial charge in [-0.2, -0.15) is 0 Å². The van der Waals surface area contributed by atoms with Crippen molar-refractivity contribution in [2.24, 2.45) is 0 Å². The maximum Gasteiger partial charge on any atom is 0.251 e. The first kappa shape index (κ1) is 20.2. The molecule has 0 bridgehead atoms. The first-order chi connectivity index (χ1) is 13.6. The lowest BCUT2D eigenvalue weighted by atomic mass is 10.0. The number of nitrogens with zero attached hydrogens (tertiary/aromatic N) is 2. The fourth-order valence-corrected chi connectivity index (χ4v) is 3.73. The van der Waals surface area contributed by atoms with Crippen LogP contribution in [0.4, 0.5) is 5.69 Å². The van der Waals surface area contributed by atoms with Crippen molar-refractivity contribution in [3.05, 3.63) is 59.7 Å². The molecule has 1 saturated heterocycles. The lowest BCUT2D eigenvalue weighted by molar-refractivity contribution is 0.0924. The summed E-state index contributed by atoms with van der Waals surface area (Å²) in [6, 6.07) is 16.1. The van der Waals surface area contributed by atoms with Crippen molar-refractivity contribution in [3.63, 3.8) is 0 Å². The zero-order valence-electron chi connectivity index (χ0n) is 17.1. The normalized spacial score (nSPS) is 15.7. The molecule has 150 valence electrons. The van der Waals surface area contributed by atoms with Crippen molar-refractivity contribution in [2.75, 3.05) is 45.7 Å². The van der Waals surface area contributed by atoms with Crippen LogP contribution in [0.3, 0.4) is 0 Å². The summed E-state index contributed by atoms with van der Waals surface area (Å²) in [7, 11) is 5.64. The van der Waals surface area contributed by atoms with Gasteiger partial charge in [-0.15, -0.1) is 0 Å². The second kappa shape index (κ2) is 9.60. The minimum atomic E-state index is -0.0285. The van der Waals surface area contributed by atoms with Gasteiger partial charge in [-0.25, -0.2) is 0 Å². The third-order valence-corrected chi connectivity index (χ3v) is 5.41. The van der Waals surface area contributed by atoms with Crippen LogP contribution in [0.25, 0.3) is 0 Å². The van der Waals surface area contributed by atoms with Crippen LogP contribution in [-0.4, -0.2) is 51.6 Å². The molecule has 5 heteroatoms. The molecule has 3 rings (SSSR count). The summed E-state index contributed by atoms with van der Waals surface area (Å²) < 4.78 is 5.29. The quantitative estimate of drug-likeness (QED) is 0.794. The maximum absolute atomic E-state index is 12.8. The van der Waals surface area contributed by atoms with Gasteiger partial charge in [-0.1, -0.05) is 24.6 Å². The van der Waals surface area contributed by atoms with E-state index in [1.807, 2.05) is 55.4 Å². The number of hydrogen-bond donors (Lipinski definition) is 1. The number of amides is 1. The van der Waals surface area contributed by atoms with E-state index in [-0.39, 0.29) is 11.9 Å². The number of likely N-dealkylation sites (tertiary alicyclic amines) is 1. The zero-order chi connectivity index (χ0) is 19.9. The molecule has 0 saturated carbocycles. The minimum absolute atomic E-state index is 0.0285. The first-order valence-corrected chi connectivity index (χ1v) is 10.0. The molecule has 1 atom stereocenters. The highest BCUT2D eigenvalue weighted by molar-refractivity contribution is 5.95. The monoisotopic (exact) mass is 381 g/mol. The molecule has 0 spiro atoms. The molecule has 28 heavy (non-hydrogen) atoms. The summed E-state index contributed by atoms with van der Waals surface area (Å²) in [6.07, 6.45) is 3.71. The van der Waals surface area contributed by atoms with Gasteiger partial charge in [0.25, 0.3) is 5.91 Å². The van der Waals surface area contributed by atoms with Crippen LogP contribution in [0, 0.1) is 0 Å². The lowest BCUT2D eigenvalue weighted by Gasteiger charge is -2.35. The van der Waals surface area contributed by atoms with Gasteiger partial charge in [-0.05, 0) is 61.8 Å². The first-order valence-electron chi connectivity index (χ1n) is 10.0. The van der Waals surface area contributed by atoms with Gasteiger partial charge in [0.15, 0.2) is 0 Å². The van der Waals surface area contributed by atoms with E-state index >= 15 is 0 Å². The van der Waals surface area contributed by atoms with E-state index in [4.69, 9.17) is 4.74 Å². The molecule has 0 aromatic heterocycles. The molecular formula is C23H31N3O2. The van der Waals surface area contributed by atoms with Crippen molar-refractivity contribution in [1.82, 2.24) is 10.2 Å². The summed E-state index contributed by atoms with van der Waals surface area (Å²) >= 11 is 0. The highest BCUT2D eigenvalue weighted by Crippen LogP contribution is 2.26. The van der Waals surface area contributed by atoms with Crippen LogP contribution >= 0.6 is 0 Å². The third-order valence-electron chi connectivity index (χ3n) is 5.41. The Labute approximate surface area is 168 Å². The molecule has 1 aliphatic heterocycles. The molecule has 0 radical (unpaired) electrons. The summed E-state index contributed by atoms with van der Waals surface area (Å²) in [6.45, 7) is 2.74. The summed E-state index contributed by atoms with van der Waals surface area (Å²) in [5.41, 5.74) is 2.93. The molecule has 1 amide bonds. The second-order valence-electron chi connectivity index (χ2n) is 7.54. The average Bonchev–Trinajstić information content (AvgIpc) is 2.75. The largest absolute Gasteiger partial charge is 0.497 e. The van der Waals surface area contributed by atoms with Gasteiger partial charge in [-0.3, -0.25) is 9.69 Å². The number of methoxy groups -OCH3 is 1. The molecule has 1 fully saturated rings. The van der Waals surface area contributed by atoms with Gasteiger partial charge in [0.05, 0.1) is 13.2 Å². The van der Waals surface area contributed by atoms with E-state index < -0.39 is 0 Å². The Balaban J connectivity index is 1.73. The van der Waals surface area contributed by atoms with Gasteiger partial charge in [0, 0.05) is 31.9 Å². The SMILES string of the molecule is COc1ccc([C@H](CNC(=O)c2cccc(N(C)C)c2)N2CCCCC2)cc1. The number of hydrogen-bond acceptors (Lipinski definition) is 4. The number of nitrogens with one attached hydrogen (secondary N) is 1. The van der Waals surface area contributed by atoms with Crippen LogP contribution in [0.15, 0.2) is 48.5 Å². The minimum Gasteiger partial charge on any atom is -0.497 e. The molecule has 2 aromatic carbocycles. The third kappa shape index (κ3) is 5.04. The Morgan fingerprint density at radius 2 is 1.82 bits per heavy atom. The summed E-state index contributed by atoms with van der Waals surface area (Å²) in [4.78, 5) is 17.3. The predicted molar refractivity (Wildman–Crippen MR) is 114 cm³/mol. The molecule has 1 heterocycles. The molecular weight excluding hydrogens is 350 g/mol. The van der Waals surface area contributed by atoms with Crippen LogP contribution in [-0.2, 0) is 0 Å². The fourth-order valence-electron chi connectivity index (χ4n) is 3.73. The van der Waals surface area contributed by atoms with Gasteiger partial charge < -0.3 is 15.0 Å². The Kier molecular flexibility index (Phi) is 6.93. The van der Waals surface area contributed by atoms with Crippen LogP contribution in [0.1, 0.15) is 41.2 Å². The smallest absolute Gasteiger partial charge is 0.251 e. The Hall–Kier alpha value is -2.53. The van der Waals surface area contributed by atoms with E-state index in [1.165, 1.54) is 24.8 Å². The second-order valence-corrected chi connectivity index (χ2v) is 7.54. The molecule has 2 aromatic rings. The van der Waals surface area contributed by atoms with Gasteiger partial charge >= 0.3 is 0 Å². The van der Waals surface area contributed by atoms with Crippen molar-refractivity contribution < 1.29 is 9.53 Å². The summed E-state index contributed by atoms with van der Waals surface area (Å²) in [5, 5.41) is 3.16. The van der Waals surface area contributed by atoms with Crippen molar-refractivity contribution in [1.29, 1.82) is 0 Å². The van der Waals surface area contributed by atoms with Gasteiger partial charge in [0.2, 0.25) is 0 Å². The molecule has 5 nitrogen and oxygen atoms in total. The van der Waals surface area contributed by atoms with Crippen LogP contribution in [0.5, 0.6) is 5.75 Å². The number of carbonyl (C=O) groups excluding carboxylic acids is 1. The Bertz CT molecular complexity index is 768. The topological polar surface area (TPSA) is 44.8 Å². The molecule has 1 N–H and O–H groups in total. The van der Waals surface area contributed by atoms with E-state index in [2.05, 4.69) is 22.3 Å². The van der Waals surface area contributed by atoms with E-state index in [0.29, 0.717) is 12.1 Å². The average molecular weight is 382 g/mol. The number of carbonyl (C=O) groups is 1. The zero-order valence-corrected chi connectivity index (χ0v) is 17.1. The lowest BCUT2D eigenvalue weighted by Crippen LogP contribution is -2.40. The van der Waals surface area contributed by atoms with Crippen LogP contribution in [0.2, 0.25) is 0 Å².